The number of hydrogen-bond donors (Lipinski definition) is 2. The minimum absolute atomic E-state index is 0.153. The topological polar surface area (TPSA) is 96.3 Å². The molecule has 0 saturated carbocycles. The molecule has 3 aromatic rings. The number of nitrogens with zero attached hydrogens (tertiary/aromatic N) is 2. The number of para-hydroxylation sites is 2. The fraction of sp³-hybridized carbons (Fsp3) is 0.174. The van der Waals surface area contributed by atoms with Crippen LogP contribution < -0.4 is 20.1 Å². The van der Waals surface area contributed by atoms with Crippen molar-refractivity contribution < 1.29 is 14.3 Å². The van der Waals surface area contributed by atoms with Gasteiger partial charge < -0.3 is 20.1 Å². The summed E-state index contributed by atoms with van der Waals surface area (Å²) in [5.41, 5.74) is 3.98. The number of benzene rings is 2. The van der Waals surface area contributed by atoms with Crippen LogP contribution in [0.5, 0.6) is 11.5 Å². The SMILES string of the molecule is COc1ccccc1OCC(=O)Nc1cccc(Nc2cc(C)nc(C)c2C#N)c1. The molecule has 3 rings (SSSR count). The second-order valence-electron chi connectivity index (χ2n) is 6.58. The third-order valence-electron chi connectivity index (χ3n) is 4.29. The van der Waals surface area contributed by atoms with Crippen molar-refractivity contribution in [3.63, 3.8) is 0 Å². The van der Waals surface area contributed by atoms with Gasteiger partial charge in [-0.2, -0.15) is 5.26 Å². The van der Waals surface area contributed by atoms with Gasteiger partial charge in [0.2, 0.25) is 0 Å². The predicted octanol–water partition coefficient (Wildman–Crippen LogP) is 4.34. The lowest BCUT2D eigenvalue weighted by Gasteiger charge is -2.13. The smallest absolute Gasteiger partial charge is 0.262 e. The normalized spacial score (nSPS) is 10.1. The van der Waals surface area contributed by atoms with Gasteiger partial charge in [0.15, 0.2) is 18.1 Å². The quantitative estimate of drug-likeness (QED) is 0.610. The number of nitriles is 1. The van der Waals surface area contributed by atoms with E-state index in [1.165, 1.54) is 0 Å². The number of nitrogens with one attached hydrogen (secondary N) is 2. The van der Waals surface area contributed by atoms with Crippen molar-refractivity contribution in [2.24, 2.45) is 0 Å². The zero-order valence-electron chi connectivity index (χ0n) is 17.0. The van der Waals surface area contributed by atoms with Crippen LogP contribution in [-0.4, -0.2) is 24.6 Å². The second kappa shape index (κ2) is 9.43. The van der Waals surface area contributed by atoms with Gasteiger partial charge in [-0.15, -0.1) is 0 Å². The molecule has 1 amide bonds. The summed E-state index contributed by atoms with van der Waals surface area (Å²) in [4.78, 5) is 16.6. The highest BCUT2D eigenvalue weighted by Gasteiger charge is 2.10. The van der Waals surface area contributed by atoms with E-state index in [1.807, 2.05) is 37.3 Å². The molecule has 7 heteroatoms. The van der Waals surface area contributed by atoms with Crippen LogP contribution in [0.2, 0.25) is 0 Å². The fourth-order valence-electron chi connectivity index (χ4n) is 2.98. The summed E-state index contributed by atoms with van der Waals surface area (Å²) in [7, 11) is 1.55. The number of aromatic nitrogens is 1. The fourth-order valence-corrected chi connectivity index (χ4v) is 2.98. The van der Waals surface area contributed by atoms with Gasteiger partial charge in [0.25, 0.3) is 5.91 Å². The van der Waals surface area contributed by atoms with Gasteiger partial charge in [-0.3, -0.25) is 9.78 Å². The largest absolute Gasteiger partial charge is 0.493 e. The van der Waals surface area contributed by atoms with Gasteiger partial charge in [0.1, 0.15) is 6.07 Å². The maximum absolute atomic E-state index is 12.3. The van der Waals surface area contributed by atoms with Gasteiger partial charge in [0.05, 0.1) is 24.1 Å². The number of methoxy groups -OCH3 is 1. The highest BCUT2D eigenvalue weighted by molar-refractivity contribution is 5.92. The second-order valence-corrected chi connectivity index (χ2v) is 6.58. The molecule has 0 aliphatic rings. The average Bonchev–Trinajstić information content (AvgIpc) is 2.72. The molecule has 0 saturated heterocycles. The molecule has 152 valence electrons. The van der Waals surface area contributed by atoms with Crippen LogP contribution in [0.4, 0.5) is 17.1 Å². The lowest BCUT2D eigenvalue weighted by molar-refractivity contribution is -0.118. The van der Waals surface area contributed by atoms with Gasteiger partial charge in [0, 0.05) is 17.1 Å². The molecule has 2 aromatic carbocycles. The summed E-state index contributed by atoms with van der Waals surface area (Å²) < 4.78 is 10.8. The van der Waals surface area contributed by atoms with Crippen LogP contribution in [0.25, 0.3) is 0 Å². The highest BCUT2D eigenvalue weighted by Crippen LogP contribution is 2.26. The Morgan fingerprint density at radius 2 is 1.80 bits per heavy atom. The van der Waals surface area contributed by atoms with E-state index in [-0.39, 0.29) is 12.5 Å². The number of pyridine rings is 1. The lowest BCUT2D eigenvalue weighted by atomic mass is 10.1. The lowest BCUT2D eigenvalue weighted by Crippen LogP contribution is -2.20. The molecule has 0 aliphatic carbocycles. The Bertz CT molecular complexity index is 1110. The predicted molar refractivity (Wildman–Crippen MR) is 115 cm³/mol. The van der Waals surface area contributed by atoms with Crippen molar-refractivity contribution in [1.82, 2.24) is 4.98 Å². The maximum Gasteiger partial charge on any atom is 0.262 e. The van der Waals surface area contributed by atoms with E-state index in [0.29, 0.717) is 34.1 Å². The molecule has 0 atom stereocenters. The Hall–Kier alpha value is -4.05. The van der Waals surface area contributed by atoms with Crippen LogP contribution >= 0.6 is 0 Å². The molecule has 0 fully saturated rings. The minimum Gasteiger partial charge on any atom is -0.493 e. The number of anilines is 3. The number of ether oxygens (including phenoxy) is 2. The zero-order chi connectivity index (χ0) is 21.5. The Labute approximate surface area is 175 Å². The minimum atomic E-state index is -0.300. The molecule has 2 N–H and O–H groups in total. The molecule has 0 aliphatic heterocycles. The first-order valence-corrected chi connectivity index (χ1v) is 9.31. The van der Waals surface area contributed by atoms with E-state index in [9.17, 15) is 10.1 Å². The summed E-state index contributed by atoms with van der Waals surface area (Å²) >= 11 is 0. The first-order valence-electron chi connectivity index (χ1n) is 9.31. The average molecular weight is 402 g/mol. The van der Waals surface area contributed by atoms with E-state index in [0.717, 1.165) is 11.4 Å². The van der Waals surface area contributed by atoms with Gasteiger partial charge in [-0.05, 0) is 50.2 Å². The van der Waals surface area contributed by atoms with Crippen molar-refractivity contribution in [2.75, 3.05) is 24.4 Å². The van der Waals surface area contributed by atoms with Crippen LogP contribution in [0.1, 0.15) is 17.0 Å². The van der Waals surface area contributed by atoms with E-state index in [4.69, 9.17) is 9.47 Å². The summed E-state index contributed by atoms with van der Waals surface area (Å²) in [6, 6.07) is 18.4. The Morgan fingerprint density at radius 3 is 2.53 bits per heavy atom. The van der Waals surface area contributed by atoms with E-state index < -0.39 is 0 Å². The van der Waals surface area contributed by atoms with Crippen LogP contribution in [0.3, 0.4) is 0 Å². The van der Waals surface area contributed by atoms with Crippen molar-refractivity contribution in [2.45, 2.75) is 13.8 Å². The van der Waals surface area contributed by atoms with E-state index in [2.05, 4.69) is 21.7 Å². The molecule has 0 spiro atoms. The highest BCUT2D eigenvalue weighted by atomic mass is 16.5. The number of amides is 1. The summed E-state index contributed by atoms with van der Waals surface area (Å²) in [5, 5.41) is 15.5. The van der Waals surface area contributed by atoms with Gasteiger partial charge in [-0.1, -0.05) is 18.2 Å². The van der Waals surface area contributed by atoms with E-state index >= 15 is 0 Å². The van der Waals surface area contributed by atoms with Crippen molar-refractivity contribution in [3.8, 4) is 17.6 Å². The third kappa shape index (κ3) is 5.06. The van der Waals surface area contributed by atoms with Crippen LogP contribution in [0, 0.1) is 25.2 Å². The zero-order valence-corrected chi connectivity index (χ0v) is 17.0. The van der Waals surface area contributed by atoms with Crippen LogP contribution in [-0.2, 0) is 4.79 Å². The number of carbonyl (C=O) groups excluding carboxylic acids is 1. The molecular formula is C23H22N4O3. The summed E-state index contributed by atoms with van der Waals surface area (Å²) in [5.74, 6) is 0.761. The first kappa shape index (κ1) is 20.7. The van der Waals surface area contributed by atoms with Crippen LogP contribution in [0.15, 0.2) is 54.6 Å². The monoisotopic (exact) mass is 402 g/mol. The van der Waals surface area contributed by atoms with Gasteiger partial charge >= 0.3 is 0 Å². The van der Waals surface area contributed by atoms with Gasteiger partial charge in [-0.25, -0.2) is 0 Å². The van der Waals surface area contributed by atoms with Crippen molar-refractivity contribution in [1.29, 1.82) is 5.26 Å². The van der Waals surface area contributed by atoms with Crippen molar-refractivity contribution in [3.05, 3.63) is 71.5 Å². The van der Waals surface area contributed by atoms with Crippen molar-refractivity contribution >= 4 is 23.0 Å². The number of hydrogen-bond acceptors (Lipinski definition) is 6. The molecular weight excluding hydrogens is 380 g/mol. The Morgan fingerprint density at radius 1 is 1.07 bits per heavy atom. The molecule has 30 heavy (non-hydrogen) atoms. The molecule has 7 nitrogen and oxygen atoms in total. The number of carbonyl (C=O) groups is 1. The molecule has 0 bridgehead atoms. The number of rotatable bonds is 7. The maximum atomic E-state index is 12.3. The standard InChI is InChI=1S/C23H22N4O3/c1-15-11-20(19(13-24)16(2)25-15)26-17-7-6-8-18(12-17)27-23(28)14-30-22-10-5-4-9-21(22)29-3/h4-12H,14H2,1-3H3,(H,25,26)(H,27,28). The first-order chi connectivity index (χ1) is 14.5. The summed E-state index contributed by atoms with van der Waals surface area (Å²) in [6.45, 7) is 3.52. The molecule has 0 unspecified atom stereocenters. The number of aryl methyl sites for hydroxylation is 2. The molecule has 1 heterocycles. The molecule has 1 aromatic heterocycles. The van der Waals surface area contributed by atoms with E-state index in [1.54, 1.807) is 38.3 Å². The molecule has 0 radical (unpaired) electrons. The third-order valence-corrected chi connectivity index (χ3v) is 4.29. The Balaban J connectivity index is 1.67. The Kier molecular flexibility index (Phi) is 6.50. The summed E-state index contributed by atoms with van der Waals surface area (Å²) in [6.07, 6.45) is 0.